The summed E-state index contributed by atoms with van der Waals surface area (Å²) in [5, 5.41) is 19.3. The topological polar surface area (TPSA) is 150 Å². The van der Waals surface area contributed by atoms with E-state index in [4.69, 9.17) is 11.1 Å². The van der Waals surface area contributed by atoms with Gasteiger partial charge in [-0.25, -0.2) is 4.98 Å². The molecule has 2 heterocycles. The summed E-state index contributed by atoms with van der Waals surface area (Å²) in [6.07, 6.45) is 1.70. The quantitative estimate of drug-likeness (QED) is 0.214. The number of nitrogens with zero attached hydrogens (tertiary/aromatic N) is 2. The molecule has 1 unspecified atom stereocenters. The number of nitrogen functional groups attached to an aromatic ring is 1. The highest BCUT2D eigenvalue weighted by Crippen LogP contribution is 2.29. The van der Waals surface area contributed by atoms with Gasteiger partial charge in [-0.05, 0) is 58.5 Å². The van der Waals surface area contributed by atoms with E-state index in [1.54, 1.807) is 17.7 Å². The number of hydrogen-bond acceptors (Lipinski definition) is 7. The fraction of sp³-hybridized carbons (Fsp3) is 0.333. The van der Waals surface area contributed by atoms with Gasteiger partial charge < -0.3 is 31.6 Å². The summed E-state index contributed by atoms with van der Waals surface area (Å²) in [6.45, 7) is 9.03. The minimum Gasteiger partial charge on any atom is -0.384 e. The average Bonchev–Trinajstić information content (AvgIpc) is 2.94. The first kappa shape index (κ1) is 27.4. The molecular formula is C27H36N8O2. The van der Waals surface area contributed by atoms with E-state index in [2.05, 4.69) is 26.3 Å². The Hall–Kier alpha value is -4.18. The Morgan fingerprint density at radius 3 is 2.43 bits per heavy atom. The Bertz CT molecular complexity index is 1310. The van der Waals surface area contributed by atoms with Crippen LogP contribution in [0.4, 0.5) is 17.2 Å². The number of carbonyl (C=O) groups excluding carboxylic acids is 1. The molecule has 2 aromatic carbocycles. The zero-order chi connectivity index (χ0) is 27.1. The normalized spacial score (nSPS) is 14.1. The number of carbonyl (C=O) groups is 1. The van der Waals surface area contributed by atoms with Crippen LogP contribution in [0.25, 0.3) is 11.3 Å². The van der Waals surface area contributed by atoms with E-state index in [1.165, 1.54) is 5.56 Å². The van der Waals surface area contributed by atoms with E-state index < -0.39 is 0 Å². The second-order valence-electron chi connectivity index (χ2n) is 9.14. The van der Waals surface area contributed by atoms with E-state index in [9.17, 15) is 9.59 Å². The maximum Gasteiger partial charge on any atom is 0.293 e. The van der Waals surface area contributed by atoms with Crippen molar-refractivity contribution in [2.24, 2.45) is 5.73 Å². The number of fused-ring (bicyclic) bond motifs is 2. The lowest BCUT2D eigenvalue weighted by molar-refractivity contribution is -0.116. The van der Waals surface area contributed by atoms with Gasteiger partial charge in [0.05, 0.1) is 11.9 Å². The van der Waals surface area contributed by atoms with Gasteiger partial charge in [-0.15, -0.1) is 0 Å². The van der Waals surface area contributed by atoms with Crippen LogP contribution in [0.1, 0.15) is 38.8 Å². The van der Waals surface area contributed by atoms with Crippen molar-refractivity contribution in [3.8, 4) is 11.3 Å². The molecule has 0 spiro atoms. The molecule has 1 aliphatic heterocycles. The van der Waals surface area contributed by atoms with E-state index in [-0.39, 0.29) is 29.4 Å². The van der Waals surface area contributed by atoms with Crippen LogP contribution in [0.2, 0.25) is 0 Å². The van der Waals surface area contributed by atoms with Gasteiger partial charge in [-0.2, -0.15) is 0 Å². The molecule has 0 saturated heterocycles. The highest BCUT2D eigenvalue weighted by Gasteiger charge is 2.19. The molecule has 37 heavy (non-hydrogen) atoms. The van der Waals surface area contributed by atoms with Gasteiger partial charge in [-0.3, -0.25) is 15.0 Å². The predicted octanol–water partition coefficient (Wildman–Crippen LogP) is 3.19. The Morgan fingerprint density at radius 1 is 1.16 bits per heavy atom. The number of amidine groups is 1. The molecule has 2 bridgehead atoms. The summed E-state index contributed by atoms with van der Waals surface area (Å²) in [4.78, 5) is 29.0. The number of nitrogens with two attached hydrogens (primary N) is 1. The largest absolute Gasteiger partial charge is 0.384 e. The van der Waals surface area contributed by atoms with Crippen molar-refractivity contribution in [2.75, 3.05) is 23.0 Å². The molecule has 4 rings (SSSR count). The van der Waals surface area contributed by atoms with Crippen molar-refractivity contribution in [2.45, 2.75) is 52.9 Å². The second-order valence-corrected chi connectivity index (χ2v) is 9.14. The number of amides is 1. The lowest BCUT2D eigenvalue weighted by Gasteiger charge is -2.15. The molecule has 0 radical (unpaired) electrons. The molecule has 196 valence electrons. The molecule has 3 aromatic rings. The smallest absolute Gasteiger partial charge is 0.293 e. The first-order valence-electron chi connectivity index (χ1n) is 12.3. The van der Waals surface area contributed by atoms with E-state index in [1.807, 2.05) is 70.3 Å². The number of nitrogens with one attached hydrogen (secondary N) is 5. The third kappa shape index (κ3) is 6.95. The Kier molecular flexibility index (Phi) is 9.02. The van der Waals surface area contributed by atoms with Crippen molar-refractivity contribution in [1.29, 1.82) is 5.41 Å². The molecule has 1 amide bonds. The highest BCUT2D eigenvalue weighted by molar-refractivity contribution is 5.99. The van der Waals surface area contributed by atoms with Crippen LogP contribution in [0.3, 0.4) is 0 Å². The SMILES string of the molecule is CCn1c(-c2cc3cc(c2)NC(C)C(=O)N3)cnc(NC(C)C)c1=O.CNCc1ccc(C(=N)N)cc1. The van der Waals surface area contributed by atoms with Gasteiger partial charge in [0.2, 0.25) is 5.91 Å². The van der Waals surface area contributed by atoms with E-state index in [0.29, 0.717) is 18.1 Å². The van der Waals surface area contributed by atoms with Crippen molar-refractivity contribution < 1.29 is 4.79 Å². The summed E-state index contributed by atoms with van der Waals surface area (Å²) in [5.41, 5.74) is 10.2. The van der Waals surface area contributed by atoms with Crippen LogP contribution >= 0.6 is 0 Å². The number of anilines is 3. The summed E-state index contributed by atoms with van der Waals surface area (Å²) in [7, 11) is 1.90. The van der Waals surface area contributed by atoms with Gasteiger partial charge in [0.1, 0.15) is 11.9 Å². The van der Waals surface area contributed by atoms with Crippen molar-refractivity contribution in [3.05, 3.63) is 70.1 Å². The van der Waals surface area contributed by atoms with Crippen LogP contribution in [0, 0.1) is 5.41 Å². The Morgan fingerprint density at radius 2 is 1.84 bits per heavy atom. The Balaban J connectivity index is 0.000000266. The minimum absolute atomic E-state index is 0.0883. The average molecular weight is 505 g/mol. The molecule has 10 heteroatoms. The molecule has 1 aliphatic rings. The number of rotatable bonds is 7. The minimum atomic E-state index is -0.322. The maximum atomic E-state index is 12.7. The van der Waals surface area contributed by atoms with E-state index in [0.717, 1.165) is 29.1 Å². The fourth-order valence-corrected chi connectivity index (χ4v) is 3.91. The van der Waals surface area contributed by atoms with Crippen molar-refractivity contribution in [3.63, 3.8) is 0 Å². The lowest BCUT2D eigenvalue weighted by Crippen LogP contribution is -2.29. The third-order valence-electron chi connectivity index (χ3n) is 5.71. The monoisotopic (exact) mass is 504 g/mol. The van der Waals surface area contributed by atoms with Gasteiger partial charge in [0, 0.05) is 41.6 Å². The van der Waals surface area contributed by atoms with Crippen molar-refractivity contribution >= 4 is 28.9 Å². The van der Waals surface area contributed by atoms with Crippen molar-refractivity contribution in [1.82, 2.24) is 14.9 Å². The molecule has 0 saturated carbocycles. The molecule has 0 fully saturated rings. The number of benzene rings is 2. The summed E-state index contributed by atoms with van der Waals surface area (Å²) in [6, 6.07) is 13.1. The van der Waals surface area contributed by atoms with Gasteiger partial charge in [0.25, 0.3) is 5.56 Å². The summed E-state index contributed by atoms with van der Waals surface area (Å²) in [5.74, 6) is 0.377. The molecular weight excluding hydrogens is 468 g/mol. The van der Waals surface area contributed by atoms with Gasteiger partial charge in [-0.1, -0.05) is 24.3 Å². The zero-order valence-electron chi connectivity index (χ0n) is 22.0. The third-order valence-corrected chi connectivity index (χ3v) is 5.71. The molecule has 10 nitrogen and oxygen atoms in total. The molecule has 1 aromatic heterocycles. The van der Waals surface area contributed by atoms with Crippen LogP contribution in [-0.4, -0.2) is 40.4 Å². The van der Waals surface area contributed by atoms with Crippen LogP contribution < -0.4 is 32.6 Å². The summed E-state index contributed by atoms with van der Waals surface area (Å²) >= 11 is 0. The molecule has 0 aliphatic carbocycles. The zero-order valence-corrected chi connectivity index (χ0v) is 22.0. The molecule has 1 atom stereocenters. The first-order chi connectivity index (χ1) is 17.6. The van der Waals surface area contributed by atoms with E-state index >= 15 is 0 Å². The Labute approximate surface area is 217 Å². The molecule has 7 N–H and O–H groups in total. The number of aromatic nitrogens is 2. The second kappa shape index (κ2) is 12.2. The lowest BCUT2D eigenvalue weighted by atomic mass is 10.1. The maximum absolute atomic E-state index is 12.7. The standard InChI is InChI=1S/C18H23N5O2.C9H13N3/c1-5-23-15(9-19-16(18(23)25)20-10(2)3)12-6-13-8-14(7-12)22-17(24)11(4)21-13;1-12-6-7-2-4-8(5-3-7)9(10)11/h6-11,21H,5H2,1-4H3,(H,19,20)(H,22,24);2-5,12H,6H2,1H3,(H3,10,11). The highest BCUT2D eigenvalue weighted by atomic mass is 16.2. The van der Waals surface area contributed by atoms with Crippen LogP contribution in [0.5, 0.6) is 0 Å². The van der Waals surface area contributed by atoms with Crippen LogP contribution in [-0.2, 0) is 17.9 Å². The summed E-state index contributed by atoms with van der Waals surface area (Å²) < 4.78 is 1.68. The van der Waals surface area contributed by atoms with Gasteiger partial charge >= 0.3 is 0 Å². The number of hydrogen-bond donors (Lipinski definition) is 6. The van der Waals surface area contributed by atoms with Gasteiger partial charge in [0.15, 0.2) is 5.82 Å². The fourth-order valence-electron chi connectivity index (χ4n) is 3.91. The van der Waals surface area contributed by atoms with Crippen LogP contribution in [0.15, 0.2) is 53.5 Å². The first-order valence-corrected chi connectivity index (χ1v) is 12.3. The predicted molar refractivity (Wildman–Crippen MR) is 150 cm³/mol.